The average molecular weight is 251 g/mol. The van der Waals surface area contributed by atoms with Crippen molar-refractivity contribution in [3.05, 3.63) is 35.9 Å². The Balaban J connectivity index is 2.78. The van der Waals surface area contributed by atoms with Gasteiger partial charge in [-0.2, -0.15) is 0 Å². The minimum Gasteiger partial charge on any atom is -0.392 e. The number of nitrogens with one attached hydrogen (secondary N) is 2. The van der Waals surface area contributed by atoms with Gasteiger partial charge in [0.2, 0.25) is 5.91 Å². The van der Waals surface area contributed by atoms with E-state index in [4.69, 9.17) is 10.8 Å². The maximum Gasteiger partial charge on any atom is 0.313 e. The number of carbonyl (C=O) groups excluding carboxylic acids is 2. The molecule has 0 spiro atoms. The van der Waals surface area contributed by atoms with Crippen LogP contribution in [0.15, 0.2) is 30.3 Å². The molecule has 0 aliphatic rings. The van der Waals surface area contributed by atoms with Gasteiger partial charge in [0.1, 0.15) is 6.04 Å². The zero-order valence-electron chi connectivity index (χ0n) is 10.1. The molecule has 2 unspecified atom stereocenters. The second-order valence-electron chi connectivity index (χ2n) is 3.95. The molecule has 0 radical (unpaired) electrons. The summed E-state index contributed by atoms with van der Waals surface area (Å²) in [5, 5.41) is 14.0. The maximum atomic E-state index is 11.9. The molecule has 18 heavy (non-hydrogen) atoms. The first-order valence-electron chi connectivity index (χ1n) is 5.57. The van der Waals surface area contributed by atoms with Crippen LogP contribution >= 0.6 is 0 Å². The molecular weight excluding hydrogens is 234 g/mol. The normalized spacial score (nSPS) is 13.4. The van der Waals surface area contributed by atoms with E-state index in [0.717, 1.165) is 0 Å². The van der Waals surface area contributed by atoms with Gasteiger partial charge in [-0.15, -0.1) is 0 Å². The summed E-state index contributed by atoms with van der Waals surface area (Å²) in [7, 11) is 0. The van der Waals surface area contributed by atoms with Crippen LogP contribution in [0.2, 0.25) is 0 Å². The van der Waals surface area contributed by atoms with Crippen LogP contribution < -0.4 is 16.4 Å². The summed E-state index contributed by atoms with van der Waals surface area (Å²) in [5.74, 6) is -0.416. The molecule has 0 fully saturated rings. The topological polar surface area (TPSA) is 104 Å². The van der Waals surface area contributed by atoms with Gasteiger partial charge in [0.05, 0.1) is 6.10 Å². The van der Waals surface area contributed by atoms with E-state index in [9.17, 15) is 9.59 Å². The highest BCUT2D eigenvalue weighted by molar-refractivity contribution is 5.87. The molecule has 1 aromatic rings. The highest BCUT2D eigenvalue weighted by Crippen LogP contribution is 2.12. The summed E-state index contributed by atoms with van der Waals surface area (Å²) >= 11 is 0. The second kappa shape index (κ2) is 6.61. The van der Waals surface area contributed by atoms with Gasteiger partial charge in [0.15, 0.2) is 0 Å². The highest BCUT2D eigenvalue weighted by atomic mass is 16.3. The van der Waals surface area contributed by atoms with Crippen LogP contribution in [-0.2, 0) is 4.79 Å². The van der Waals surface area contributed by atoms with Gasteiger partial charge in [0, 0.05) is 6.54 Å². The third kappa shape index (κ3) is 4.42. The predicted molar refractivity (Wildman–Crippen MR) is 66.6 cm³/mol. The molecule has 0 aliphatic heterocycles. The van der Waals surface area contributed by atoms with E-state index in [1.54, 1.807) is 37.3 Å². The van der Waals surface area contributed by atoms with Gasteiger partial charge >= 0.3 is 6.03 Å². The van der Waals surface area contributed by atoms with E-state index >= 15 is 0 Å². The van der Waals surface area contributed by atoms with Crippen LogP contribution in [0.25, 0.3) is 0 Å². The smallest absolute Gasteiger partial charge is 0.313 e. The summed E-state index contributed by atoms with van der Waals surface area (Å²) < 4.78 is 0. The number of nitrogens with two attached hydrogens (primary N) is 1. The van der Waals surface area contributed by atoms with Gasteiger partial charge in [-0.1, -0.05) is 30.3 Å². The number of rotatable bonds is 5. The van der Waals surface area contributed by atoms with Gasteiger partial charge in [-0.3, -0.25) is 4.79 Å². The van der Waals surface area contributed by atoms with Crippen molar-refractivity contribution in [3.63, 3.8) is 0 Å². The quantitative estimate of drug-likeness (QED) is 0.587. The summed E-state index contributed by atoms with van der Waals surface area (Å²) in [6.07, 6.45) is -0.654. The Labute approximate surface area is 105 Å². The third-order valence-electron chi connectivity index (χ3n) is 2.25. The SMILES string of the molecule is CC(O)CNC(=O)C(NC(N)=O)c1ccccc1. The highest BCUT2D eigenvalue weighted by Gasteiger charge is 2.21. The van der Waals surface area contributed by atoms with E-state index < -0.39 is 24.1 Å². The fourth-order valence-electron chi connectivity index (χ4n) is 1.44. The van der Waals surface area contributed by atoms with Crippen LogP contribution in [0.4, 0.5) is 4.79 Å². The average Bonchev–Trinajstić information content (AvgIpc) is 2.34. The monoisotopic (exact) mass is 251 g/mol. The molecule has 0 bridgehead atoms. The lowest BCUT2D eigenvalue weighted by Crippen LogP contribution is -2.44. The summed E-state index contributed by atoms with van der Waals surface area (Å²) in [6.45, 7) is 1.67. The minimum absolute atomic E-state index is 0.114. The van der Waals surface area contributed by atoms with Crippen LogP contribution in [0.5, 0.6) is 0 Å². The first-order chi connectivity index (χ1) is 8.50. The summed E-state index contributed by atoms with van der Waals surface area (Å²) in [6, 6.07) is 7.10. The number of hydrogen-bond acceptors (Lipinski definition) is 3. The molecule has 6 heteroatoms. The van der Waals surface area contributed by atoms with Crippen molar-refractivity contribution in [3.8, 4) is 0 Å². The van der Waals surface area contributed by atoms with Crippen molar-refractivity contribution in [2.45, 2.75) is 19.1 Å². The summed E-state index contributed by atoms with van der Waals surface area (Å²) in [4.78, 5) is 22.8. The van der Waals surface area contributed by atoms with E-state index in [1.807, 2.05) is 0 Å². The van der Waals surface area contributed by atoms with E-state index in [1.165, 1.54) is 0 Å². The van der Waals surface area contributed by atoms with Crippen molar-refractivity contribution in [2.24, 2.45) is 5.73 Å². The Kier molecular flexibility index (Phi) is 5.13. The van der Waals surface area contributed by atoms with E-state index in [2.05, 4.69) is 10.6 Å². The second-order valence-corrected chi connectivity index (χ2v) is 3.95. The fraction of sp³-hybridized carbons (Fsp3) is 0.333. The van der Waals surface area contributed by atoms with Gasteiger partial charge in [-0.25, -0.2) is 4.79 Å². The number of aliphatic hydroxyl groups is 1. The van der Waals surface area contributed by atoms with Gasteiger partial charge in [0.25, 0.3) is 0 Å². The number of aliphatic hydroxyl groups excluding tert-OH is 1. The van der Waals surface area contributed by atoms with Crippen molar-refractivity contribution in [2.75, 3.05) is 6.54 Å². The Morgan fingerprint density at radius 2 is 1.94 bits per heavy atom. The number of carbonyl (C=O) groups is 2. The van der Waals surface area contributed by atoms with Crippen molar-refractivity contribution >= 4 is 11.9 Å². The van der Waals surface area contributed by atoms with E-state index in [0.29, 0.717) is 5.56 Å². The Bertz CT molecular complexity index is 406. The maximum absolute atomic E-state index is 11.9. The molecule has 98 valence electrons. The van der Waals surface area contributed by atoms with Crippen molar-refractivity contribution in [1.82, 2.24) is 10.6 Å². The first-order valence-corrected chi connectivity index (χ1v) is 5.57. The molecule has 0 aromatic heterocycles. The molecular formula is C12H17N3O3. The number of amides is 3. The van der Waals surface area contributed by atoms with Gasteiger partial charge < -0.3 is 21.5 Å². The lowest BCUT2D eigenvalue weighted by atomic mass is 10.1. The molecule has 5 N–H and O–H groups in total. The zero-order chi connectivity index (χ0) is 13.5. The molecule has 3 amide bonds. The minimum atomic E-state index is -0.859. The third-order valence-corrected chi connectivity index (χ3v) is 2.25. The number of hydrogen-bond donors (Lipinski definition) is 4. The Hall–Kier alpha value is -2.08. The first kappa shape index (κ1) is 14.0. The summed E-state index contributed by atoms with van der Waals surface area (Å²) in [5.41, 5.74) is 5.67. The number of benzene rings is 1. The largest absolute Gasteiger partial charge is 0.392 e. The molecule has 0 aliphatic carbocycles. The van der Waals surface area contributed by atoms with Crippen molar-refractivity contribution in [1.29, 1.82) is 0 Å². The molecule has 1 aromatic carbocycles. The predicted octanol–water partition coefficient (Wildman–Crippen LogP) is -0.107. The number of urea groups is 1. The fourth-order valence-corrected chi connectivity index (χ4v) is 1.44. The Morgan fingerprint density at radius 3 is 2.44 bits per heavy atom. The Morgan fingerprint density at radius 1 is 1.33 bits per heavy atom. The van der Waals surface area contributed by atoms with Crippen LogP contribution in [-0.4, -0.2) is 29.7 Å². The van der Waals surface area contributed by atoms with E-state index in [-0.39, 0.29) is 6.54 Å². The number of primary amides is 1. The van der Waals surface area contributed by atoms with Crippen LogP contribution in [0.1, 0.15) is 18.5 Å². The standard InChI is InChI=1S/C12H17N3O3/c1-8(16)7-14-11(17)10(15-12(13)18)9-5-3-2-4-6-9/h2-6,8,10,16H,7H2,1H3,(H,14,17)(H3,13,15,18). The van der Waals surface area contributed by atoms with Crippen LogP contribution in [0, 0.1) is 0 Å². The molecule has 0 saturated heterocycles. The van der Waals surface area contributed by atoms with Gasteiger partial charge in [-0.05, 0) is 12.5 Å². The zero-order valence-corrected chi connectivity index (χ0v) is 10.1. The molecule has 0 saturated carbocycles. The lowest BCUT2D eigenvalue weighted by Gasteiger charge is -2.18. The molecule has 1 rings (SSSR count). The van der Waals surface area contributed by atoms with Crippen molar-refractivity contribution < 1.29 is 14.7 Å². The molecule has 2 atom stereocenters. The lowest BCUT2D eigenvalue weighted by molar-refractivity contribution is -0.123. The molecule has 0 heterocycles. The molecule has 6 nitrogen and oxygen atoms in total. The van der Waals surface area contributed by atoms with Crippen LogP contribution in [0.3, 0.4) is 0 Å².